The largest absolute Gasteiger partial charge is 0.319 e. The zero-order valence-electron chi connectivity index (χ0n) is 16.4. The van der Waals surface area contributed by atoms with Crippen LogP contribution in [0.1, 0.15) is 21.7 Å². The van der Waals surface area contributed by atoms with E-state index in [0.29, 0.717) is 22.2 Å². The van der Waals surface area contributed by atoms with E-state index in [1.54, 1.807) is 24.3 Å². The Morgan fingerprint density at radius 3 is 2.50 bits per heavy atom. The minimum atomic E-state index is -0.468. The Labute approximate surface area is 178 Å². The van der Waals surface area contributed by atoms with E-state index in [2.05, 4.69) is 15.4 Å². The first-order valence-electron chi connectivity index (χ1n) is 9.28. The van der Waals surface area contributed by atoms with Gasteiger partial charge in [-0.25, -0.2) is 14.1 Å². The topological polar surface area (TPSA) is 59.8 Å². The molecule has 4 aromatic rings. The van der Waals surface area contributed by atoms with Crippen molar-refractivity contribution < 1.29 is 9.18 Å². The van der Waals surface area contributed by atoms with E-state index in [1.807, 2.05) is 44.2 Å². The van der Waals surface area contributed by atoms with Crippen LogP contribution in [-0.2, 0) is 0 Å². The van der Waals surface area contributed by atoms with Crippen molar-refractivity contribution in [3.05, 3.63) is 94.5 Å². The number of amides is 1. The van der Waals surface area contributed by atoms with E-state index in [9.17, 15) is 9.18 Å². The van der Waals surface area contributed by atoms with Crippen LogP contribution in [0.4, 0.5) is 10.1 Å². The van der Waals surface area contributed by atoms with Crippen LogP contribution in [0.2, 0.25) is 5.02 Å². The van der Waals surface area contributed by atoms with Gasteiger partial charge in [0.25, 0.3) is 5.91 Å². The molecule has 1 heterocycles. The number of rotatable bonds is 4. The molecule has 0 aliphatic rings. The molecular weight excluding hydrogens is 403 g/mol. The first kappa shape index (κ1) is 19.8. The molecule has 0 unspecified atom stereocenters. The van der Waals surface area contributed by atoms with Crippen molar-refractivity contribution in [2.45, 2.75) is 13.8 Å². The summed E-state index contributed by atoms with van der Waals surface area (Å²) in [6.07, 6.45) is 0. The van der Waals surface area contributed by atoms with E-state index >= 15 is 0 Å². The third kappa shape index (κ3) is 4.09. The molecule has 150 valence electrons. The van der Waals surface area contributed by atoms with Crippen LogP contribution in [0, 0.1) is 19.7 Å². The summed E-state index contributed by atoms with van der Waals surface area (Å²) in [5.74, 6) is -0.347. The fourth-order valence-corrected chi connectivity index (χ4v) is 3.18. The maximum Gasteiger partial charge on any atom is 0.295 e. The number of aromatic nitrogens is 3. The molecule has 0 radical (unpaired) electrons. The summed E-state index contributed by atoms with van der Waals surface area (Å²) in [6, 6.07) is 18.8. The van der Waals surface area contributed by atoms with E-state index in [-0.39, 0.29) is 11.6 Å². The van der Waals surface area contributed by atoms with Gasteiger partial charge in [-0.1, -0.05) is 41.4 Å². The highest BCUT2D eigenvalue weighted by molar-refractivity contribution is 6.31. The van der Waals surface area contributed by atoms with Gasteiger partial charge in [0.05, 0.1) is 5.69 Å². The van der Waals surface area contributed by atoms with Gasteiger partial charge in [0.15, 0.2) is 5.82 Å². The molecule has 0 saturated heterocycles. The van der Waals surface area contributed by atoms with Crippen molar-refractivity contribution in [3.63, 3.8) is 0 Å². The molecule has 0 bridgehead atoms. The van der Waals surface area contributed by atoms with Gasteiger partial charge < -0.3 is 5.32 Å². The van der Waals surface area contributed by atoms with Crippen molar-refractivity contribution in [3.8, 4) is 17.1 Å². The number of carbonyl (C=O) groups is 1. The van der Waals surface area contributed by atoms with Crippen molar-refractivity contribution >= 4 is 23.2 Å². The maximum atomic E-state index is 13.4. The van der Waals surface area contributed by atoms with Crippen LogP contribution < -0.4 is 5.32 Å². The van der Waals surface area contributed by atoms with E-state index in [0.717, 1.165) is 16.7 Å². The van der Waals surface area contributed by atoms with Crippen LogP contribution in [0.3, 0.4) is 0 Å². The maximum absolute atomic E-state index is 13.4. The third-order valence-electron chi connectivity index (χ3n) is 4.59. The SMILES string of the molecule is Cc1cccc(-c2nc(C(=O)Nc3ccc(C)c(Cl)c3)nn2-c2ccc(F)cc2)c1. The number of halogens is 2. The number of anilines is 1. The smallest absolute Gasteiger partial charge is 0.295 e. The normalized spacial score (nSPS) is 10.8. The van der Waals surface area contributed by atoms with Crippen molar-refractivity contribution in [1.29, 1.82) is 0 Å². The van der Waals surface area contributed by atoms with E-state index < -0.39 is 5.91 Å². The van der Waals surface area contributed by atoms with Gasteiger partial charge in [0.1, 0.15) is 5.82 Å². The Bertz CT molecular complexity index is 1230. The standard InChI is InChI=1S/C23H18ClFN4O/c1-14-4-3-5-16(12-14)22-27-21(28-29(22)19-10-7-17(25)8-11-19)23(30)26-18-9-6-15(2)20(24)13-18/h3-13H,1-2H3,(H,26,30). The molecule has 30 heavy (non-hydrogen) atoms. The molecule has 0 aliphatic carbocycles. The Balaban J connectivity index is 1.75. The molecule has 1 amide bonds. The molecule has 4 rings (SSSR count). The van der Waals surface area contributed by atoms with Crippen LogP contribution in [-0.4, -0.2) is 20.7 Å². The second-order valence-electron chi connectivity index (χ2n) is 6.93. The summed E-state index contributed by atoms with van der Waals surface area (Å²) >= 11 is 6.14. The average molecular weight is 421 g/mol. The Kier molecular flexibility index (Phi) is 5.33. The minimum absolute atomic E-state index is 0.00692. The summed E-state index contributed by atoms with van der Waals surface area (Å²) < 4.78 is 14.9. The van der Waals surface area contributed by atoms with E-state index in [1.165, 1.54) is 16.8 Å². The second-order valence-corrected chi connectivity index (χ2v) is 7.34. The molecule has 5 nitrogen and oxygen atoms in total. The predicted molar refractivity (Wildman–Crippen MR) is 116 cm³/mol. The lowest BCUT2D eigenvalue weighted by molar-refractivity contribution is 0.101. The van der Waals surface area contributed by atoms with Crippen LogP contribution >= 0.6 is 11.6 Å². The molecule has 7 heteroatoms. The first-order chi connectivity index (χ1) is 14.4. The highest BCUT2D eigenvalue weighted by Gasteiger charge is 2.19. The number of nitrogens with zero attached hydrogens (tertiary/aromatic N) is 3. The molecule has 1 N–H and O–H groups in total. The lowest BCUT2D eigenvalue weighted by Gasteiger charge is -2.06. The van der Waals surface area contributed by atoms with E-state index in [4.69, 9.17) is 11.6 Å². The average Bonchev–Trinajstić information content (AvgIpc) is 3.17. The van der Waals surface area contributed by atoms with Crippen molar-refractivity contribution in [2.24, 2.45) is 0 Å². The van der Waals surface area contributed by atoms with Gasteiger partial charge in [-0.05, 0) is 61.9 Å². The van der Waals surface area contributed by atoms with Gasteiger partial charge in [-0.15, -0.1) is 5.10 Å². The Hall–Kier alpha value is -3.51. The summed E-state index contributed by atoms with van der Waals surface area (Å²) in [4.78, 5) is 17.3. The Morgan fingerprint density at radius 1 is 1.03 bits per heavy atom. The summed E-state index contributed by atoms with van der Waals surface area (Å²) in [7, 11) is 0. The fraction of sp³-hybridized carbons (Fsp3) is 0.0870. The van der Waals surface area contributed by atoms with Gasteiger partial charge in [-0.3, -0.25) is 4.79 Å². The number of carbonyl (C=O) groups excluding carboxylic acids is 1. The highest BCUT2D eigenvalue weighted by atomic mass is 35.5. The monoisotopic (exact) mass is 420 g/mol. The molecule has 3 aromatic carbocycles. The summed E-state index contributed by atoms with van der Waals surface area (Å²) in [5.41, 5.74) is 3.89. The highest BCUT2D eigenvalue weighted by Crippen LogP contribution is 2.24. The van der Waals surface area contributed by atoms with Gasteiger partial charge >= 0.3 is 0 Å². The fourth-order valence-electron chi connectivity index (χ4n) is 3.00. The Morgan fingerprint density at radius 2 is 1.80 bits per heavy atom. The zero-order valence-corrected chi connectivity index (χ0v) is 17.1. The molecule has 0 aliphatic heterocycles. The summed E-state index contributed by atoms with van der Waals surface area (Å²) in [6.45, 7) is 3.85. The van der Waals surface area contributed by atoms with Gasteiger partial charge in [0, 0.05) is 16.3 Å². The number of hydrogen-bond acceptors (Lipinski definition) is 3. The number of nitrogens with one attached hydrogen (secondary N) is 1. The van der Waals surface area contributed by atoms with Gasteiger partial charge in [-0.2, -0.15) is 0 Å². The molecule has 0 spiro atoms. The molecule has 0 atom stereocenters. The van der Waals surface area contributed by atoms with Gasteiger partial charge in [0.2, 0.25) is 5.82 Å². The number of aryl methyl sites for hydroxylation is 2. The predicted octanol–water partition coefficient (Wildman–Crippen LogP) is 5.60. The second kappa shape index (κ2) is 8.08. The number of hydrogen-bond donors (Lipinski definition) is 1. The van der Waals surface area contributed by atoms with Crippen LogP contribution in [0.5, 0.6) is 0 Å². The zero-order chi connectivity index (χ0) is 21.3. The minimum Gasteiger partial charge on any atom is -0.319 e. The molecule has 0 saturated carbocycles. The first-order valence-corrected chi connectivity index (χ1v) is 9.66. The molecule has 1 aromatic heterocycles. The third-order valence-corrected chi connectivity index (χ3v) is 4.99. The molecular formula is C23H18ClFN4O. The van der Waals surface area contributed by atoms with Crippen molar-refractivity contribution in [1.82, 2.24) is 14.8 Å². The van der Waals surface area contributed by atoms with Crippen molar-refractivity contribution in [2.75, 3.05) is 5.32 Å². The van der Waals surface area contributed by atoms with Crippen LogP contribution in [0.15, 0.2) is 66.7 Å². The van der Waals surface area contributed by atoms with Crippen LogP contribution in [0.25, 0.3) is 17.1 Å². The molecule has 0 fully saturated rings. The summed E-state index contributed by atoms with van der Waals surface area (Å²) in [5, 5.41) is 7.71. The lowest BCUT2D eigenvalue weighted by Crippen LogP contribution is -2.14. The number of benzene rings is 3. The quantitative estimate of drug-likeness (QED) is 0.467. The lowest BCUT2D eigenvalue weighted by atomic mass is 10.1.